The highest BCUT2D eigenvalue weighted by atomic mass is 35.5. The quantitative estimate of drug-likeness (QED) is 0.833. The van der Waals surface area contributed by atoms with E-state index in [9.17, 15) is 13.6 Å². The molecule has 0 atom stereocenters. The molecule has 3 rings (SSSR count). The van der Waals surface area contributed by atoms with E-state index < -0.39 is 11.2 Å². The number of carbonyl (C=O) groups excluding carboxylic acids is 1. The van der Waals surface area contributed by atoms with E-state index in [2.05, 4.69) is 5.32 Å². The van der Waals surface area contributed by atoms with Gasteiger partial charge >= 0.3 is 0 Å². The maximum atomic E-state index is 13.9. The molecule has 0 saturated heterocycles. The smallest absolute Gasteiger partial charge is 0.235 e. The molecule has 0 aliphatic heterocycles. The molecule has 2 nitrogen and oxygen atoms in total. The van der Waals surface area contributed by atoms with Crippen LogP contribution in [0.3, 0.4) is 0 Å². The number of carbonyl (C=O) groups is 1. The fourth-order valence-corrected chi connectivity index (χ4v) is 3.39. The largest absolute Gasteiger partial charge is 0.323 e. The second kappa shape index (κ2) is 6.28. The fourth-order valence-electron chi connectivity index (χ4n) is 3.23. The molecular formula is C18H16ClF2NO. The molecule has 0 aromatic heterocycles. The maximum Gasteiger partial charge on any atom is 0.235 e. The Balaban J connectivity index is 1.91. The monoisotopic (exact) mass is 335 g/mol. The minimum Gasteiger partial charge on any atom is -0.323 e. The van der Waals surface area contributed by atoms with Crippen LogP contribution in [0.5, 0.6) is 0 Å². The predicted octanol–water partition coefficient (Wildman–Crippen LogP) is 5.07. The number of benzene rings is 2. The molecule has 1 amide bonds. The molecule has 5 heteroatoms. The normalized spacial score (nSPS) is 16.3. The minimum absolute atomic E-state index is 0.104. The Hall–Kier alpha value is -1.94. The van der Waals surface area contributed by atoms with Gasteiger partial charge in [-0.25, -0.2) is 8.78 Å². The summed E-state index contributed by atoms with van der Waals surface area (Å²) < 4.78 is 27.1. The van der Waals surface area contributed by atoms with E-state index in [0.717, 1.165) is 24.5 Å². The van der Waals surface area contributed by atoms with Gasteiger partial charge in [-0.15, -0.1) is 0 Å². The number of hydrogen-bond acceptors (Lipinski definition) is 1. The van der Waals surface area contributed by atoms with Crippen LogP contribution in [0, 0.1) is 11.6 Å². The van der Waals surface area contributed by atoms with Crippen molar-refractivity contribution >= 4 is 23.2 Å². The molecule has 0 radical (unpaired) electrons. The van der Waals surface area contributed by atoms with E-state index in [1.165, 1.54) is 24.3 Å². The van der Waals surface area contributed by atoms with Crippen molar-refractivity contribution in [3.63, 3.8) is 0 Å². The Labute approximate surface area is 138 Å². The van der Waals surface area contributed by atoms with Crippen LogP contribution in [-0.4, -0.2) is 5.91 Å². The zero-order valence-corrected chi connectivity index (χ0v) is 13.2. The Kier molecular flexibility index (Phi) is 4.35. The SMILES string of the molecule is O=C(Nc1ccc(Cl)cc1F)C1(c2ccc(F)cc2)CCCC1. The first-order valence-corrected chi connectivity index (χ1v) is 7.92. The summed E-state index contributed by atoms with van der Waals surface area (Å²) in [6.45, 7) is 0. The number of rotatable bonds is 3. The van der Waals surface area contributed by atoms with E-state index >= 15 is 0 Å². The van der Waals surface area contributed by atoms with Gasteiger partial charge in [-0.2, -0.15) is 0 Å². The van der Waals surface area contributed by atoms with Crippen molar-refractivity contribution in [3.05, 3.63) is 64.7 Å². The van der Waals surface area contributed by atoms with Gasteiger partial charge in [0.05, 0.1) is 11.1 Å². The summed E-state index contributed by atoms with van der Waals surface area (Å²) in [4.78, 5) is 12.9. The Morgan fingerprint density at radius 2 is 1.70 bits per heavy atom. The van der Waals surface area contributed by atoms with Gasteiger partial charge < -0.3 is 5.32 Å². The van der Waals surface area contributed by atoms with E-state index in [1.807, 2.05) is 0 Å². The van der Waals surface area contributed by atoms with Gasteiger partial charge in [0.25, 0.3) is 0 Å². The molecular weight excluding hydrogens is 320 g/mol. The fraction of sp³-hybridized carbons (Fsp3) is 0.278. The summed E-state index contributed by atoms with van der Waals surface area (Å²) in [5, 5.41) is 2.94. The molecule has 1 saturated carbocycles. The van der Waals surface area contributed by atoms with Crippen molar-refractivity contribution < 1.29 is 13.6 Å². The molecule has 2 aromatic carbocycles. The van der Waals surface area contributed by atoms with Crippen molar-refractivity contribution in [2.45, 2.75) is 31.1 Å². The van der Waals surface area contributed by atoms with Gasteiger partial charge in [-0.1, -0.05) is 36.6 Å². The molecule has 1 aliphatic carbocycles. The molecule has 2 aromatic rings. The highest BCUT2D eigenvalue weighted by molar-refractivity contribution is 6.30. The molecule has 1 N–H and O–H groups in total. The molecule has 120 valence electrons. The average molecular weight is 336 g/mol. The van der Waals surface area contributed by atoms with Crippen molar-refractivity contribution in [1.29, 1.82) is 0 Å². The maximum absolute atomic E-state index is 13.9. The van der Waals surface area contributed by atoms with Crippen molar-refractivity contribution in [2.24, 2.45) is 0 Å². The second-order valence-corrected chi connectivity index (χ2v) is 6.31. The second-order valence-electron chi connectivity index (χ2n) is 5.87. The summed E-state index contributed by atoms with van der Waals surface area (Å²) in [6, 6.07) is 10.1. The third-order valence-electron chi connectivity index (χ3n) is 4.47. The molecule has 0 heterocycles. The van der Waals surface area contributed by atoms with Gasteiger partial charge in [-0.05, 0) is 48.7 Å². The molecule has 0 bridgehead atoms. The highest BCUT2D eigenvalue weighted by Gasteiger charge is 2.42. The van der Waals surface area contributed by atoms with Crippen molar-refractivity contribution in [2.75, 3.05) is 5.32 Å². The van der Waals surface area contributed by atoms with Gasteiger partial charge in [0.2, 0.25) is 5.91 Å². The first-order chi connectivity index (χ1) is 11.0. The van der Waals surface area contributed by atoms with Crippen LogP contribution in [0.25, 0.3) is 0 Å². The van der Waals surface area contributed by atoms with Crippen LogP contribution < -0.4 is 5.32 Å². The van der Waals surface area contributed by atoms with Crippen LogP contribution >= 0.6 is 11.6 Å². The lowest BCUT2D eigenvalue weighted by Crippen LogP contribution is -2.38. The first kappa shape index (κ1) is 15.9. The molecule has 1 aliphatic rings. The third kappa shape index (κ3) is 3.08. The molecule has 23 heavy (non-hydrogen) atoms. The van der Waals surface area contributed by atoms with Crippen LogP contribution in [0.1, 0.15) is 31.2 Å². The Bertz CT molecular complexity index is 724. The zero-order chi connectivity index (χ0) is 16.4. The van der Waals surface area contributed by atoms with Crippen LogP contribution in [0.4, 0.5) is 14.5 Å². The summed E-state index contributed by atoms with van der Waals surface area (Å²) in [6.07, 6.45) is 3.15. The zero-order valence-electron chi connectivity index (χ0n) is 12.4. The van der Waals surface area contributed by atoms with E-state index in [1.54, 1.807) is 12.1 Å². The average Bonchev–Trinajstić information content (AvgIpc) is 3.01. The molecule has 0 spiro atoms. The van der Waals surface area contributed by atoms with E-state index in [4.69, 9.17) is 11.6 Å². The van der Waals surface area contributed by atoms with Gasteiger partial charge in [0.1, 0.15) is 11.6 Å². The van der Waals surface area contributed by atoms with E-state index in [0.29, 0.717) is 12.8 Å². The first-order valence-electron chi connectivity index (χ1n) is 7.54. The van der Waals surface area contributed by atoms with Crippen LogP contribution in [0.2, 0.25) is 5.02 Å². The minimum atomic E-state index is -0.736. The topological polar surface area (TPSA) is 29.1 Å². The number of anilines is 1. The summed E-state index contributed by atoms with van der Waals surface area (Å²) in [7, 11) is 0. The lowest BCUT2D eigenvalue weighted by molar-refractivity contribution is -0.121. The van der Waals surface area contributed by atoms with Crippen LogP contribution in [0.15, 0.2) is 42.5 Å². The van der Waals surface area contributed by atoms with Gasteiger partial charge in [0, 0.05) is 5.02 Å². The van der Waals surface area contributed by atoms with E-state index in [-0.39, 0.29) is 22.4 Å². The van der Waals surface area contributed by atoms with Crippen molar-refractivity contribution in [3.8, 4) is 0 Å². The van der Waals surface area contributed by atoms with Crippen LogP contribution in [-0.2, 0) is 10.2 Å². The lowest BCUT2D eigenvalue weighted by atomic mass is 9.78. The standard InChI is InChI=1S/C18H16ClF2NO/c19-13-5-8-16(15(21)11-13)22-17(23)18(9-1-2-10-18)12-3-6-14(20)7-4-12/h3-8,11H,1-2,9-10H2,(H,22,23). The molecule has 1 fully saturated rings. The highest BCUT2D eigenvalue weighted by Crippen LogP contribution is 2.42. The van der Waals surface area contributed by atoms with Crippen molar-refractivity contribution in [1.82, 2.24) is 0 Å². The Morgan fingerprint density at radius 3 is 2.30 bits per heavy atom. The summed E-state index contributed by atoms with van der Waals surface area (Å²) >= 11 is 5.73. The van der Waals surface area contributed by atoms with Gasteiger partial charge in [0.15, 0.2) is 0 Å². The van der Waals surface area contributed by atoms with Gasteiger partial charge in [-0.3, -0.25) is 4.79 Å². The predicted molar refractivity (Wildman–Crippen MR) is 86.6 cm³/mol. The lowest BCUT2D eigenvalue weighted by Gasteiger charge is -2.28. The summed E-state index contributed by atoms with van der Waals surface area (Å²) in [5.41, 5.74) is 0.135. The number of nitrogens with one attached hydrogen (secondary N) is 1. The Morgan fingerprint density at radius 1 is 1.04 bits per heavy atom. The number of halogens is 3. The number of hydrogen-bond donors (Lipinski definition) is 1. The number of amides is 1. The summed E-state index contributed by atoms with van der Waals surface area (Å²) in [5.74, 6) is -1.17. The third-order valence-corrected chi connectivity index (χ3v) is 4.70. The molecule has 0 unspecified atom stereocenters.